The van der Waals surface area contributed by atoms with Crippen LogP contribution in [0.5, 0.6) is 0 Å². The molecule has 0 heterocycles. The zero-order valence-corrected chi connectivity index (χ0v) is 11.2. The molecule has 1 N–H and O–H groups in total. The van der Waals surface area contributed by atoms with Crippen LogP contribution in [0.2, 0.25) is 0 Å². The third-order valence-corrected chi connectivity index (χ3v) is 3.35. The molecule has 0 saturated heterocycles. The van der Waals surface area contributed by atoms with Crippen LogP contribution in [-0.4, -0.2) is 31.8 Å². The van der Waals surface area contributed by atoms with E-state index in [1.165, 1.54) is 26.4 Å². The molecule has 1 atom stereocenters. The number of alkyl carbamates (subject to hydrolysis) is 1. The van der Waals surface area contributed by atoms with Gasteiger partial charge in [-0.1, -0.05) is 32.1 Å². The number of ether oxygens (including phenoxy) is 2. The Hall–Kier alpha value is -1.26. The fraction of sp³-hybridized carbons (Fsp3) is 0.846. The number of nitrogens with one attached hydrogen (secondary N) is 1. The minimum atomic E-state index is -0.586. The number of hydrogen-bond donors (Lipinski definition) is 1. The van der Waals surface area contributed by atoms with Crippen molar-refractivity contribution in [1.82, 2.24) is 5.32 Å². The smallest absolute Gasteiger partial charge is 0.407 e. The standard InChI is InChI=1S/C13H23NO4/c1-3-18-13(16)14-11(12(15)17-2)9-10-7-5-4-6-8-10/h10-11H,3-9H2,1-2H3,(H,14,16). The van der Waals surface area contributed by atoms with Crippen molar-refractivity contribution in [3.05, 3.63) is 0 Å². The van der Waals surface area contributed by atoms with Crippen LogP contribution >= 0.6 is 0 Å². The molecule has 1 saturated carbocycles. The second kappa shape index (κ2) is 7.95. The van der Waals surface area contributed by atoms with E-state index in [-0.39, 0.29) is 0 Å². The number of carbonyl (C=O) groups is 2. The summed E-state index contributed by atoms with van der Waals surface area (Å²) in [6, 6.07) is -0.586. The van der Waals surface area contributed by atoms with Gasteiger partial charge < -0.3 is 14.8 Å². The largest absolute Gasteiger partial charge is 0.467 e. The van der Waals surface area contributed by atoms with Gasteiger partial charge in [0, 0.05) is 0 Å². The maximum absolute atomic E-state index is 11.6. The molecule has 1 unspecified atom stereocenters. The first kappa shape index (κ1) is 14.8. The second-order valence-electron chi connectivity index (χ2n) is 4.68. The molecule has 18 heavy (non-hydrogen) atoms. The van der Waals surface area contributed by atoms with Crippen LogP contribution < -0.4 is 5.32 Å². The number of rotatable bonds is 5. The van der Waals surface area contributed by atoms with Crippen LogP contribution in [0.4, 0.5) is 4.79 Å². The van der Waals surface area contributed by atoms with Gasteiger partial charge in [0.2, 0.25) is 0 Å². The molecule has 0 aliphatic heterocycles. The van der Waals surface area contributed by atoms with E-state index in [1.807, 2.05) is 0 Å². The topological polar surface area (TPSA) is 64.6 Å². The van der Waals surface area contributed by atoms with Crippen molar-refractivity contribution in [1.29, 1.82) is 0 Å². The molecule has 0 radical (unpaired) electrons. The molecular formula is C13H23NO4. The predicted octanol–water partition coefficient (Wildman–Crippen LogP) is 2.24. The summed E-state index contributed by atoms with van der Waals surface area (Å²) >= 11 is 0. The lowest BCUT2D eigenvalue weighted by Gasteiger charge is -2.25. The number of hydrogen-bond acceptors (Lipinski definition) is 4. The Labute approximate surface area is 108 Å². The summed E-state index contributed by atoms with van der Waals surface area (Å²) in [5, 5.41) is 2.58. The lowest BCUT2D eigenvalue weighted by molar-refractivity contribution is -0.143. The van der Waals surface area contributed by atoms with E-state index in [0.717, 1.165) is 12.8 Å². The van der Waals surface area contributed by atoms with Crippen LogP contribution in [0.3, 0.4) is 0 Å². The highest BCUT2D eigenvalue weighted by Crippen LogP contribution is 2.27. The maximum Gasteiger partial charge on any atom is 0.407 e. The highest BCUT2D eigenvalue weighted by atomic mass is 16.6. The van der Waals surface area contributed by atoms with Crippen LogP contribution in [0.25, 0.3) is 0 Å². The van der Waals surface area contributed by atoms with Crippen molar-refractivity contribution < 1.29 is 19.1 Å². The predicted molar refractivity (Wildman–Crippen MR) is 67.2 cm³/mol. The summed E-state index contributed by atoms with van der Waals surface area (Å²) in [6.45, 7) is 2.02. The Morgan fingerprint density at radius 2 is 1.94 bits per heavy atom. The van der Waals surface area contributed by atoms with Gasteiger partial charge in [-0.2, -0.15) is 0 Å². The molecule has 1 aliphatic carbocycles. The third-order valence-electron chi connectivity index (χ3n) is 3.35. The second-order valence-corrected chi connectivity index (χ2v) is 4.68. The number of methoxy groups -OCH3 is 1. The Kier molecular flexibility index (Phi) is 6.54. The molecule has 1 fully saturated rings. The van der Waals surface area contributed by atoms with Gasteiger partial charge in [0.1, 0.15) is 6.04 Å². The Morgan fingerprint density at radius 3 is 2.50 bits per heavy atom. The van der Waals surface area contributed by atoms with E-state index in [1.54, 1.807) is 6.92 Å². The van der Waals surface area contributed by atoms with E-state index in [4.69, 9.17) is 9.47 Å². The average Bonchev–Trinajstić information content (AvgIpc) is 2.38. The van der Waals surface area contributed by atoms with Crippen LogP contribution in [0.1, 0.15) is 45.4 Å². The van der Waals surface area contributed by atoms with Crippen molar-refractivity contribution in [2.24, 2.45) is 5.92 Å². The summed E-state index contributed by atoms with van der Waals surface area (Å²) < 4.78 is 9.52. The normalized spacial score (nSPS) is 17.9. The lowest BCUT2D eigenvalue weighted by atomic mass is 9.85. The summed E-state index contributed by atoms with van der Waals surface area (Å²) in [5.74, 6) is 0.0957. The Balaban J connectivity index is 2.48. The Bertz CT molecular complexity index is 274. The van der Waals surface area contributed by atoms with Gasteiger partial charge in [0.25, 0.3) is 0 Å². The van der Waals surface area contributed by atoms with Crippen LogP contribution in [-0.2, 0) is 14.3 Å². The minimum absolute atomic E-state index is 0.295. The molecule has 1 aliphatic rings. The van der Waals surface area contributed by atoms with E-state index in [9.17, 15) is 9.59 Å². The highest BCUT2D eigenvalue weighted by Gasteiger charge is 2.26. The van der Waals surface area contributed by atoms with Gasteiger partial charge in [0.05, 0.1) is 13.7 Å². The van der Waals surface area contributed by atoms with Gasteiger partial charge >= 0.3 is 12.1 Å². The van der Waals surface area contributed by atoms with E-state index in [0.29, 0.717) is 18.9 Å². The fourth-order valence-corrected chi connectivity index (χ4v) is 2.43. The molecule has 5 heteroatoms. The molecule has 0 aromatic rings. The maximum atomic E-state index is 11.6. The molecule has 0 spiro atoms. The number of esters is 1. The summed E-state index contributed by atoms with van der Waals surface area (Å²) in [6.07, 6.45) is 6.02. The van der Waals surface area contributed by atoms with Crippen molar-refractivity contribution in [2.45, 2.75) is 51.5 Å². The average molecular weight is 257 g/mol. The monoisotopic (exact) mass is 257 g/mol. The lowest BCUT2D eigenvalue weighted by Crippen LogP contribution is -2.43. The Morgan fingerprint density at radius 1 is 1.28 bits per heavy atom. The molecule has 0 aromatic carbocycles. The summed E-state index contributed by atoms with van der Waals surface area (Å²) in [7, 11) is 1.34. The van der Waals surface area contributed by atoms with E-state index >= 15 is 0 Å². The molecule has 0 aromatic heterocycles. The van der Waals surface area contributed by atoms with Gasteiger partial charge in [-0.05, 0) is 19.3 Å². The number of carbonyl (C=O) groups excluding carboxylic acids is 2. The summed E-state index contributed by atoms with van der Waals surface area (Å²) in [4.78, 5) is 23.0. The van der Waals surface area contributed by atoms with Crippen molar-refractivity contribution in [3.63, 3.8) is 0 Å². The first-order valence-corrected chi connectivity index (χ1v) is 6.68. The number of amides is 1. The highest BCUT2D eigenvalue weighted by molar-refractivity contribution is 5.81. The quantitative estimate of drug-likeness (QED) is 0.767. The SMILES string of the molecule is CCOC(=O)NC(CC1CCCCC1)C(=O)OC. The van der Waals surface area contributed by atoms with Crippen molar-refractivity contribution >= 4 is 12.1 Å². The zero-order valence-electron chi connectivity index (χ0n) is 11.2. The van der Waals surface area contributed by atoms with Crippen molar-refractivity contribution in [3.8, 4) is 0 Å². The summed E-state index contributed by atoms with van der Waals surface area (Å²) in [5.41, 5.74) is 0. The van der Waals surface area contributed by atoms with Gasteiger partial charge in [-0.15, -0.1) is 0 Å². The van der Waals surface area contributed by atoms with E-state index < -0.39 is 18.1 Å². The zero-order chi connectivity index (χ0) is 13.4. The van der Waals surface area contributed by atoms with Gasteiger partial charge in [-0.3, -0.25) is 0 Å². The van der Waals surface area contributed by atoms with Crippen LogP contribution in [0.15, 0.2) is 0 Å². The van der Waals surface area contributed by atoms with E-state index in [2.05, 4.69) is 5.32 Å². The first-order chi connectivity index (χ1) is 8.67. The minimum Gasteiger partial charge on any atom is -0.467 e. The third kappa shape index (κ3) is 4.94. The molecule has 104 valence electrons. The molecule has 5 nitrogen and oxygen atoms in total. The van der Waals surface area contributed by atoms with Crippen LogP contribution in [0, 0.1) is 5.92 Å². The fourth-order valence-electron chi connectivity index (χ4n) is 2.43. The molecular weight excluding hydrogens is 234 g/mol. The van der Waals surface area contributed by atoms with Gasteiger partial charge in [-0.25, -0.2) is 9.59 Å². The van der Waals surface area contributed by atoms with Crippen molar-refractivity contribution in [2.75, 3.05) is 13.7 Å². The van der Waals surface area contributed by atoms with Gasteiger partial charge in [0.15, 0.2) is 0 Å². The molecule has 0 bridgehead atoms. The first-order valence-electron chi connectivity index (χ1n) is 6.68. The molecule has 1 rings (SSSR count). The molecule has 1 amide bonds.